The fraction of sp³-hybridized carbons (Fsp3) is 0.306. The second-order valence-corrected chi connectivity index (χ2v) is 12.1. The molecule has 51 heavy (non-hydrogen) atoms. The Hall–Kier alpha value is -6.25. The lowest BCUT2D eigenvalue weighted by Gasteiger charge is -2.26. The van der Waals surface area contributed by atoms with E-state index < -0.39 is 53.7 Å². The number of hydrogen-bond donors (Lipinski definition) is 8. The van der Waals surface area contributed by atoms with Crippen molar-refractivity contribution in [1.82, 2.24) is 31.2 Å². The Morgan fingerprint density at radius 2 is 1.35 bits per heavy atom. The van der Waals surface area contributed by atoms with Crippen LogP contribution in [-0.4, -0.2) is 76.2 Å². The average Bonchev–Trinajstić information content (AvgIpc) is 3.62. The molecule has 1 heterocycles. The van der Waals surface area contributed by atoms with Gasteiger partial charge >= 0.3 is 0 Å². The van der Waals surface area contributed by atoms with Gasteiger partial charge in [-0.2, -0.15) is 0 Å². The standard InChI is InChI=1S/C36H44N10O5/c1-22(47)43-31(19-26-20-40-21-42-26)35(51)46-30(17-23-9-3-2-4-10-23)34(50)44-28(15-8-16-41-36(38)39)33(49)45-29(32(37)48)18-25-13-7-12-24-11-5-6-14-27(24)25/h2-7,9-14,20-21,28-31H,8,15-19H2,1H3,(H2,37,48)(H,40,42)(H,43,47)(H,44,50)(H,45,49)(H,46,51)(H4,38,39,41)/t28-,29+,30-,31-/m0/s1. The van der Waals surface area contributed by atoms with Gasteiger partial charge in [-0.1, -0.05) is 72.8 Å². The van der Waals surface area contributed by atoms with Gasteiger partial charge in [0.1, 0.15) is 24.2 Å². The first-order valence-corrected chi connectivity index (χ1v) is 16.5. The number of nitrogens with two attached hydrogens (primary N) is 3. The van der Waals surface area contributed by atoms with Crippen molar-refractivity contribution in [2.75, 3.05) is 6.54 Å². The van der Waals surface area contributed by atoms with E-state index >= 15 is 0 Å². The van der Waals surface area contributed by atoms with Crippen LogP contribution in [0, 0.1) is 0 Å². The molecule has 268 valence electrons. The number of aliphatic imine (C=N–C) groups is 1. The maximum atomic E-state index is 14.0. The van der Waals surface area contributed by atoms with Crippen molar-refractivity contribution < 1.29 is 24.0 Å². The second-order valence-electron chi connectivity index (χ2n) is 12.1. The van der Waals surface area contributed by atoms with E-state index in [2.05, 4.69) is 36.2 Å². The number of rotatable bonds is 18. The molecule has 0 radical (unpaired) electrons. The minimum atomic E-state index is -1.16. The zero-order valence-corrected chi connectivity index (χ0v) is 28.3. The quantitative estimate of drug-likeness (QED) is 0.0401. The zero-order chi connectivity index (χ0) is 36.8. The SMILES string of the molecule is CC(=O)N[C@@H](Cc1cnc[nH]1)C(=O)N[C@@H](Cc1ccccc1)C(=O)N[C@@H](CCCN=C(N)N)C(=O)N[C@H](Cc1cccc2ccccc12)C(N)=O. The fourth-order valence-electron chi connectivity index (χ4n) is 5.63. The first-order chi connectivity index (χ1) is 24.5. The normalized spacial score (nSPS) is 13.2. The van der Waals surface area contributed by atoms with Crippen LogP contribution >= 0.6 is 0 Å². The highest BCUT2D eigenvalue weighted by Gasteiger charge is 2.31. The number of nitrogens with zero attached hydrogens (tertiary/aromatic N) is 2. The van der Waals surface area contributed by atoms with Crippen molar-refractivity contribution in [3.8, 4) is 0 Å². The number of aromatic nitrogens is 2. The Bertz CT molecular complexity index is 1820. The lowest BCUT2D eigenvalue weighted by molar-refractivity contribution is -0.134. The predicted molar refractivity (Wildman–Crippen MR) is 193 cm³/mol. The fourth-order valence-corrected chi connectivity index (χ4v) is 5.63. The summed E-state index contributed by atoms with van der Waals surface area (Å²) in [5, 5.41) is 12.7. The van der Waals surface area contributed by atoms with E-state index in [-0.39, 0.29) is 38.2 Å². The molecule has 0 bridgehead atoms. The van der Waals surface area contributed by atoms with Crippen LogP contribution in [0.1, 0.15) is 36.6 Å². The Kier molecular flexibility index (Phi) is 13.6. The zero-order valence-electron chi connectivity index (χ0n) is 28.3. The van der Waals surface area contributed by atoms with Crippen LogP contribution in [0.3, 0.4) is 0 Å². The van der Waals surface area contributed by atoms with Gasteiger partial charge in [0.05, 0.1) is 6.33 Å². The Balaban J connectivity index is 1.56. The van der Waals surface area contributed by atoms with Crippen molar-refractivity contribution in [1.29, 1.82) is 0 Å². The average molecular weight is 697 g/mol. The Labute approximate surface area is 295 Å². The number of fused-ring (bicyclic) bond motifs is 1. The highest BCUT2D eigenvalue weighted by Crippen LogP contribution is 2.20. The van der Waals surface area contributed by atoms with E-state index in [1.165, 1.54) is 19.4 Å². The molecule has 4 atom stereocenters. The third-order valence-electron chi connectivity index (χ3n) is 8.13. The molecule has 5 amide bonds. The van der Waals surface area contributed by atoms with Crippen LogP contribution in [0.5, 0.6) is 0 Å². The summed E-state index contributed by atoms with van der Waals surface area (Å²) < 4.78 is 0. The van der Waals surface area contributed by atoms with E-state index in [1.807, 2.05) is 48.5 Å². The summed E-state index contributed by atoms with van der Waals surface area (Å²) >= 11 is 0. The van der Waals surface area contributed by atoms with Gasteiger partial charge < -0.3 is 43.5 Å². The molecule has 3 aromatic carbocycles. The molecule has 4 rings (SSSR count). The number of imidazole rings is 1. The number of benzene rings is 3. The molecule has 0 saturated heterocycles. The van der Waals surface area contributed by atoms with Crippen LogP contribution in [0.2, 0.25) is 0 Å². The van der Waals surface area contributed by atoms with Crippen molar-refractivity contribution in [3.63, 3.8) is 0 Å². The molecule has 0 saturated carbocycles. The number of H-pyrrole nitrogens is 1. The summed E-state index contributed by atoms with van der Waals surface area (Å²) in [6, 6.07) is 17.9. The smallest absolute Gasteiger partial charge is 0.243 e. The second kappa shape index (κ2) is 18.5. The van der Waals surface area contributed by atoms with E-state index in [0.717, 1.165) is 21.9 Å². The van der Waals surface area contributed by atoms with Gasteiger partial charge in [-0.15, -0.1) is 0 Å². The largest absolute Gasteiger partial charge is 0.370 e. The van der Waals surface area contributed by atoms with Gasteiger partial charge in [0, 0.05) is 44.6 Å². The molecule has 15 heteroatoms. The minimum absolute atomic E-state index is 0.0720. The van der Waals surface area contributed by atoms with Gasteiger partial charge in [-0.05, 0) is 34.7 Å². The Morgan fingerprint density at radius 3 is 2.02 bits per heavy atom. The summed E-state index contributed by atoms with van der Waals surface area (Å²) in [6.45, 7) is 1.46. The summed E-state index contributed by atoms with van der Waals surface area (Å²) in [7, 11) is 0. The number of aromatic amines is 1. The predicted octanol–water partition coefficient (Wildman–Crippen LogP) is 0.0888. The molecule has 4 aromatic rings. The van der Waals surface area contributed by atoms with Crippen LogP contribution in [0.25, 0.3) is 10.8 Å². The molecule has 0 aliphatic carbocycles. The summed E-state index contributed by atoms with van der Waals surface area (Å²) in [4.78, 5) is 76.9. The molecule has 0 fully saturated rings. The van der Waals surface area contributed by atoms with E-state index in [9.17, 15) is 24.0 Å². The number of carbonyl (C=O) groups excluding carboxylic acids is 5. The van der Waals surface area contributed by atoms with Crippen LogP contribution < -0.4 is 38.5 Å². The molecule has 0 aliphatic rings. The number of guanidine groups is 1. The number of primary amides is 1. The highest BCUT2D eigenvalue weighted by molar-refractivity contribution is 5.96. The molecule has 11 N–H and O–H groups in total. The van der Waals surface area contributed by atoms with Crippen LogP contribution in [-0.2, 0) is 43.2 Å². The van der Waals surface area contributed by atoms with Crippen molar-refractivity contribution >= 4 is 46.3 Å². The summed E-state index contributed by atoms with van der Waals surface area (Å²) in [5.41, 5.74) is 18.8. The number of nitrogens with one attached hydrogen (secondary N) is 5. The number of carbonyl (C=O) groups is 5. The number of amides is 5. The molecule has 0 unspecified atom stereocenters. The van der Waals surface area contributed by atoms with E-state index in [0.29, 0.717) is 12.1 Å². The number of hydrogen-bond acceptors (Lipinski definition) is 7. The van der Waals surface area contributed by atoms with Crippen molar-refractivity contribution in [3.05, 3.63) is 102 Å². The minimum Gasteiger partial charge on any atom is -0.370 e. The summed E-state index contributed by atoms with van der Waals surface area (Å²) in [6.07, 6.45) is 3.65. The van der Waals surface area contributed by atoms with Crippen molar-refractivity contribution in [2.24, 2.45) is 22.2 Å². The van der Waals surface area contributed by atoms with Crippen LogP contribution in [0.15, 0.2) is 90.3 Å². The van der Waals surface area contributed by atoms with Gasteiger partial charge in [0.15, 0.2) is 5.96 Å². The molecule has 1 aromatic heterocycles. The summed E-state index contributed by atoms with van der Waals surface area (Å²) in [5.74, 6) is -3.26. The van der Waals surface area contributed by atoms with Gasteiger partial charge in [0.25, 0.3) is 0 Å². The van der Waals surface area contributed by atoms with Crippen molar-refractivity contribution in [2.45, 2.75) is 63.2 Å². The lowest BCUT2D eigenvalue weighted by Crippen LogP contribution is -2.59. The third kappa shape index (κ3) is 11.7. The lowest BCUT2D eigenvalue weighted by atomic mass is 9.98. The van der Waals surface area contributed by atoms with Crippen LogP contribution in [0.4, 0.5) is 0 Å². The van der Waals surface area contributed by atoms with Gasteiger partial charge in [-0.3, -0.25) is 29.0 Å². The maximum absolute atomic E-state index is 14.0. The molecular weight excluding hydrogens is 652 g/mol. The highest BCUT2D eigenvalue weighted by atomic mass is 16.2. The van der Waals surface area contributed by atoms with E-state index in [1.54, 1.807) is 24.3 Å². The molecule has 0 aliphatic heterocycles. The molecular formula is C36H44N10O5. The van der Waals surface area contributed by atoms with E-state index in [4.69, 9.17) is 17.2 Å². The topological polar surface area (TPSA) is 253 Å². The Morgan fingerprint density at radius 1 is 0.725 bits per heavy atom. The molecule has 15 nitrogen and oxygen atoms in total. The maximum Gasteiger partial charge on any atom is 0.243 e. The third-order valence-corrected chi connectivity index (χ3v) is 8.13. The van der Waals surface area contributed by atoms with Gasteiger partial charge in [-0.25, -0.2) is 4.98 Å². The first-order valence-electron chi connectivity index (χ1n) is 16.5. The first kappa shape index (κ1) is 37.6. The van der Waals surface area contributed by atoms with Gasteiger partial charge in [0.2, 0.25) is 29.5 Å². The molecule has 0 spiro atoms. The monoisotopic (exact) mass is 696 g/mol.